The summed E-state index contributed by atoms with van der Waals surface area (Å²) in [5.74, 6) is -0.893. The van der Waals surface area contributed by atoms with Crippen LogP contribution in [0.15, 0.2) is 112 Å². The van der Waals surface area contributed by atoms with Crippen molar-refractivity contribution in [2.24, 2.45) is 0 Å². The van der Waals surface area contributed by atoms with Crippen molar-refractivity contribution in [2.45, 2.75) is 81.2 Å². The van der Waals surface area contributed by atoms with Crippen molar-refractivity contribution in [3.63, 3.8) is 0 Å². The first-order chi connectivity index (χ1) is 32.9. The number of ketones is 2. The van der Waals surface area contributed by atoms with Gasteiger partial charge in [0.2, 0.25) is 0 Å². The molecule has 20 heteroatoms. The van der Waals surface area contributed by atoms with Crippen LogP contribution in [0, 0.1) is 22.7 Å². The second-order valence-corrected chi connectivity index (χ2v) is 19.4. The molecule has 364 valence electrons. The van der Waals surface area contributed by atoms with Crippen LogP contribution in [0.25, 0.3) is 0 Å². The Balaban J connectivity index is 0.000000208. The average Bonchev–Trinajstić information content (AvgIpc) is 3.89. The van der Waals surface area contributed by atoms with E-state index >= 15 is 0 Å². The van der Waals surface area contributed by atoms with Gasteiger partial charge in [-0.25, -0.2) is 18.0 Å². The first-order valence-electron chi connectivity index (χ1n) is 21.9. The van der Waals surface area contributed by atoms with Gasteiger partial charge in [0.05, 0.1) is 68.5 Å². The first kappa shape index (κ1) is 50.6. The summed E-state index contributed by atoms with van der Waals surface area (Å²) >= 11 is 0. The van der Waals surface area contributed by atoms with Crippen molar-refractivity contribution in [1.82, 2.24) is 9.80 Å². The monoisotopic (exact) mass is 986 g/mol. The third-order valence-electron chi connectivity index (χ3n) is 12.6. The molecule has 0 saturated carbocycles. The third-order valence-corrected chi connectivity index (χ3v) is 14.4. The van der Waals surface area contributed by atoms with Crippen LogP contribution in [0.3, 0.4) is 0 Å². The van der Waals surface area contributed by atoms with Gasteiger partial charge >= 0.3 is 24.4 Å². The van der Waals surface area contributed by atoms with Crippen LogP contribution < -0.4 is 9.80 Å². The van der Waals surface area contributed by atoms with Crippen molar-refractivity contribution in [2.75, 3.05) is 36.3 Å². The number of rotatable bonds is 9. The number of allylic oxidation sites excluding steroid dienone is 2. The highest BCUT2D eigenvalue weighted by atomic mass is 32.2. The second-order valence-electron chi connectivity index (χ2n) is 17.3. The molecule has 4 aliphatic rings. The fourth-order valence-electron chi connectivity index (χ4n) is 9.32. The molecule has 0 saturated heterocycles. The average molecular weight is 987 g/mol. The fraction of sp³-hybridized carbons (Fsp3) is 0.320. The Hall–Kier alpha value is -7.29. The normalized spacial score (nSPS) is 18.5. The van der Waals surface area contributed by atoms with Crippen LogP contribution in [0.1, 0.15) is 103 Å². The molecule has 2 unspecified atom stereocenters. The zero-order valence-electron chi connectivity index (χ0n) is 38.0. The number of alkyl halides is 6. The number of amides is 4. The summed E-state index contributed by atoms with van der Waals surface area (Å²) in [5, 5.41) is 27.8. The number of carbonyl (C=O) groups is 4. The Morgan fingerprint density at radius 2 is 1.10 bits per heavy atom. The third kappa shape index (κ3) is 9.40. The number of urea groups is 2. The van der Waals surface area contributed by atoms with Gasteiger partial charge in [-0.15, -0.1) is 0 Å². The van der Waals surface area contributed by atoms with Crippen molar-refractivity contribution in [1.29, 1.82) is 10.5 Å². The maximum Gasteiger partial charge on any atom is 0.416 e. The molecule has 4 amide bonds. The molecule has 13 nitrogen and oxygen atoms in total. The van der Waals surface area contributed by atoms with Crippen LogP contribution in [0.2, 0.25) is 0 Å². The molecule has 2 aliphatic heterocycles. The number of Topliss-reactive ketones (excluding diaryl/α,β-unsaturated/α-hetero) is 2. The molecular formula is C50H44F6N6O7S. The summed E-state index contributed by atoms with van der Waals surface area (Å²) in [4.78, 5) is 57.7. The zero-order valence-corrected chi connectivity index (χ0v) is 38.8. The number of sulfone groups is 1. The molecule has 2 aliphatic carbocycles. The molecule has 4 aromatic carbocycles. The number of benzene rings is 4. The SMILES string of the molecule is CC(C)c1cc(C#N)ccc1C1C2=C(CCC2=O)N(c2cccc(C(F)(F)F)c2)C(=O)N1C.CN1C(=O)N(c2cccc(C(F)(F)F)c2)C2=C(C(=O)CC2)C1c1ccc(C#N)cc1S(=O)(=O)CCCO. The minimum Gasteiger partial charge on any atom is -0.396 e. The van der Waals surface area contributed by atoms with Crippen molar-refractivity contribution >= 4 is 44.8 Å². The second kappa shape index (κ2) is 19.2. The van der Waals surface area contributed by atoms with Gasteiger partial charge in [0.15, 0.2) is 21.4 Å². The number of hydrogen-bond donors (Lipinski definition) is 1. The van der Waals surface area contributed by atoms with Gasteiger partial charge < -0.3 is 14.9 Å². The summed E-state index contributed by atoms with van der Waals surface area (Å²) in [6.45, 7) is 3.55. The number of carbonyl (C=O) groups excluding carboxylic acids is 4. The molecule has 2 atom stereocenters. The van der Waals surface area contributed by atoms with Crippen LogP contribution >= 0.6 is 0 Å². The molecule has 2 heterocycles. The molecule has 0 radical (unpaired) electrons. The van der Waals surface area contributed by atoms with E-state index in [9.17, 15) is 64.5 Å². The largest absolute Gasteiger partial charge is 0.416 e. The van der Waals surface area contributed by atoms with Crippen molar-refractivity contribution < 1.29 is 59.0 Å². The smallest absolute Gasteiger partial charge is 0.396 e. The predicted molar refractivity (Wildman–Crippen MR) is 242 cm³/mol. The molecule has 4 aromatic rings. The highest BCUT2D eigenvalue weighted by Crippen LogP contribution is 2.48. The Morgan fingerprint density at radius 1 is 0.657 bits per heavy atom. The molecular weight excluding hydrogens is 943 g/mol. The number of nitrogens with zero attached hydrogens (tertiary/aromatic N) is 6. The minimum absolute atomic E-state index is 0.000618. The summed E-state index contributed by atoms with van der Waals surface area (Å²) < 4.78 is 106. The lowest BCUT2D eigenvalue weighted by Crippen LogP contribution is -2.48. The fourth-order valence-corrected chi connectivity index (χ4v) is 10.9. The van der Waals surface area contributed by atoms with E-state index in [1.54, 1.807) is 25.2 Å². The van der Waals surface area contributed by atoms with Gasteiger partial charge in [-0.3, -0.25) is 19.4 Å². The number of aliphatic hydroxyl groups is 1. The van der Waals surface area contributed by atoms with Crippen LogP contribution in [0.4, 0.5) is 47.3 Å². The molecule has 70 heavy (non-hydrogen) atoms. The highest BCUT2D eigenvalue weighted by molar-refractivity contribution is 7.91. The minimum atomic E-state index is -4.65. The van der Waals surface area contributed by atoms with Crippen LogP contribution in [-0.4, -0.2) is 73.4 Å². The molecule has 0 bridgehead atoms. The Kier molecular flexibility index (Phi) is 13.9. The van der Waals surface area contributed by atoms with Gasteiger partial charge in [0, 0.05) is 56.1 Å². The topological polar surface area (TPSA) is 183 Å². The summed E-state index contributed by atoms with van der Waals surface area (Å²) in [7, 11) is -1.15. The van der Waals surface area contributed by atoms with Gasteiger partial charge in [-0.05, 0) is 103 Å². The van der Waals surface area contributed by atoms with E-state index in [-0.39, 0.29) is 94.9 Å². The van der Waals surface area contributed by atoms with Gasteiger partial charge in [-0.2, -0.15) is 36.9 Å². The Labute approximate surface area is 399 Å². The van der Waals surface area contributed by atoms with E-state index in [1.165, 1.54) is 59.3 Å². The van der Waals surface area contributed by atoms with Crippen molar-refractivity contribution in [3.8, 4) is 12.1 Å². The standard InChI is InChI=1S/C25H22F3N3O5S.C25H22F3N3O2/c1-30-23(18-7-6-15(14-29)12-21(18)37(35,36)11-3-10-32)22-19(8-9-20(22)33)31(24(30)34)17-5-2-4-16(13-17)25(26,27)28;1-14(2)19-11-15(13-29)7-8-18(19)23-22-20(9-10-21(22)32)31(24(33)30(23)3)17-6-4-5-16(12-17)25(26,27)28/h2,4-7,12-13,23,32H,3,8-11H2,1H3;4-8,11-12,14,23H,9-10H2,1-3H3. The number of halogens is 6. The summed E-state index contributed by atoms with van der Waals surface area (Å²) in [6, 6.07) is 18.8. The van der Waals surface area contributed by atoms with E-state index < -0.39 is 63.2 Å². The number of hydrogen-bond acceptors (Lipinski definition) is 9. The Morgan fingerprint density at radius 3 is 1.53 bits per heavy atom. The summed E-state index contributed by atoms with van der Waals surface area (Å²) in [6.07, 6.45) is -8.72. The quantitative estimate of drug-likeness (QED) is 0.160. The van der Waals surface area contributed by atoms with E-state index in [0.29, 0.717) is 16.8 Å². The Bertz CT molecular complexity index is 3100. The number of anilines is 2. The van der Waals surface area contributed by atoms with E-state index in [2.05, 4.69) is 6.07 Å². The van der Waals surface area contributed by atoms with Gasteiger partial charge in [-0.1, -0.05) is 38.1 Å². The predicted octanol–water partition coefficient (Wildman–Crippen LogP) is 9.89. The summed E-state index contributed by atoms with van der Waals surface area (Å²) in [5.41, 5.74) is 1.57. The van der Waals surface area contributed by atoms with Gasteiger partial charge in [0.25, 0.3) is 0 Å². The lowest BCUT2D eigenvalue weighted by molar-refractivity contribution is -0.138. The highest BCUT2D eigenvalue weighted by Gasteiger charge is 2.48. The van der Waals surface area contributed by atoms with E-state index in [4.69, 9.17) is 5.11 Å². The molecule has 0 aromatic heterocycles. The van der Waals surface area contributed by atoms with Gasteiger partial charge in [0.1, 0.15) is 0 Å². The maximum atomic E-state index is 13.6. The molecule has 0 fully saturated rings. The lowest BCUT2D eigenvalue weighted by Gasteiger charge is -2.41. The number of nitriles is 2. The van der Waals surface area contributed by atoms with E-state index in [1.807, 2.05) is 19.9 Å². The zero-order chi connectivity index (χ0) is 51.2. The van der Waals surface area contributed by atoms with Crippen LogP contribution in [-0.2, 0) is 31.8 Å². The molecule has 1 N–H and O–H groups in total. The van der Waals surface area contributed by atoms with Crippen molar-refractivity contribution in [3.05, 3.63) is 146 Å². The lowest BCUT2D eigenvalue weighted by atomic mass is 9.85. The molecule has 8 rings (SSSR count). The molecule has 0 spiro atoms. The first-order valence-corrected chi connectivity index (χ1v) is 23.5. The number of aliphatic hydroxyl groups excluding tert-OH is 1. The maximum absolute atomic E-state index is 13.6. The number of likely N-dealkylation sites (N-methyl/N-ethyl adjacent to an activating group) is 2. The van der Waals surface area contributed by atoms with Crippen LogP contribution in [0.5, 0.6) is 0 Å². The van der Waals surface area contributed by atoms with E-state index in [0.717, 1.165) is 45.2 Å².